The van der Waals surface area contributed by atoms with Crippen LogP contribution >= 0.6 is 11.6 Å². The van der Waals surface area contributed by atoms with Crippen LogP contribution in [0.1, 0.15) is 23.6 Å². The molecule has 0 aliphatic rings. The maximum absolute atomic E-state index is 12.3. The summed E-state index contributed by atoms with van der Waals surface area (Å²) < 4.78 is 10.7. The standard InChI is InChI=1S/C21H27ClN2O3/c1-24(2)18(16-9-11-19(26-3)20(13-16)27-4)14-23-21(25)12-10-15-7-5-6-8-17(15)22/h5-9,11,13,18H,10,12,14H2,1-4H3,(H,23,25). The molecule has 1 atom stereocenters. The molecule has 0 bridgehead atoms. The molecule has 0 radical (unpaired) electrons. The summed E-state index contributed by atoms with van der Waals surface area (Å²) >= 11 is 6.15. The Labute approximate surface area is 166 Å². The number of benzene rings is 2. The molecule has 2 aromatic carbocycles. The van der Waals surface area contributed by atoms with E-state index in [-0.39, 0.29) is 11.9 Å². The lowest BCUT2D eigenvalue weighted by Crippen LogP contribution is -2.34. The van der Waals surface area contributed by atoms with Crippen molar-refractivity contribution in [3.8, 4) is 11.5 Å². The van der Waals surface area contributed by atoms with Crippen LogP contribution in [0.15, 0.2) is 42.5 Å². The third-order valence-corrected chi connectivity index (χ3v) is 4.86. The van der Waals surface area contributed by atoms with Crippen molar-refractivity contribution in [1.82, 2.24) is 10.2 Å². The highest BCUT2D eigenvalue weighted by atomic mass is 35.5. The summed E-state index contributed by atoms with van der Waals surface area (Å²) in [4.78, 5) is 14.4. The van der Waals surface area contributed by atoms with E-state index in [1.807, 2.05) is 56.6 Å². The molecule has 1 amide bonds. The number of halogens is 1. The molecule has 5 nitrogen and oxygen atoms in total. The molecule has 0 spiro atoms. The third-order valence-electron chi connectivity index (χ3n) is 4.49. The van der Waals surface area contributed by atoms with Gasteiger partial charge in [0.05, 0.1) is 20.3 Å². The van der Waals surface area contributed by atoms with Crippen LogP contribution < -0.4 is 14.8 Å². The Kier molecular flexibility index (Phi) is 7.95. The summed E-state index contributed by atoms with van der Waals surface area (Å²) in [6.07, 6.45) is 1.02. The van der Waals surface area contributed by atoms with Gasteiger partial charge in [0.15, 0.2) is 11.5 Å². The Bertz CT molecular complexity index is 765. The van der Waals surface area contributed by atoms with E-state index in [1.54, 1.807) is 14.2 Å². The highest BCUT2D eigenvalue weighted by Gasteiger charge is 2.17. The second kappa shape index (κ2) is 10.2. The zero-order valence-electron chi connectivity index (χ0n) is 16.3. The number of aryl methyl sites for hydroxylation is 1. The van der Waals surface area contributed by atoms with Crippen LogP contribution in [0.2, 0.25) is 5.02 Å². The number of carbonyl (C=O) groups is 1. The molecule has 1 N–H and O–H groups in total. The lowest BCUT2D eigenvalue weighted by Gasteiger charge is -2.26. The van der Waals surface area contributed by atoms with Crippen molar-refractivity contribution in [3.05, 3.63) is 58.6 Å². The number of likely N-dealkylation sites (N-methyl/N-ethyl adjacent to an activating group) is 1. The van der Waals surface area contributed by atoms with Crippen LogP contribution in [0.25, 0.3) is 0 Å². The van der Waals surface area contributed by atoms with Gasteiger partial charge >= 0.3 is 0 Å². The van der Waals surface area contributed by atoms with Crippen molar-refractivity contribution in [2.45, 2.75) is 18.9 Å². The van der Waals surface area contributed by atoms with Crippen LogP contribution in [0, 0.1) is 0 Å². The number of rotatable bonds is 9. The second-order valence-corrected chi connectivity index (χ2v) is 6.90. The Hall–Kier alpha value is -2.24. The first-order valence-electron chi connectivity index (χ1n) is 8.84. The zero-order valence-corrected chi connectivity index (χ0v) is 17.0. The van der Waals surface area contributed by atoms with E-state index < -0.39 is 0 Å². The first kappa shape index (κ1) is 21.1. The summed E-state index contributed by atoms with van der Waals surface area (Å²) in [6.45, 7) is 0.504. The number of ether oxygens (including phenoxy) is 2. The van der Waals surface area contributed by atoms with Gasteiger partial charge in [-0.15, -0.1) is 0 Å². The Morgan fingerprint density at radius 1 is 1.11 bits per heavy atom. The normalized spacial score (nSPS) is 11.9. The van der Waals surface area contributed by atoms with Gasteiger partial charge in [-0.1, -0.05) is 35.9 Å². The van der Waals surface area contributed by atoms with E-state index in [0.717, 1.165) is 11.1 Å². The van der Waals surface area contributed by atoms with Gasteiger partial charge in [-0.05, 0) is 49.8 Å². The lowest BCUT2D eigenvalue weighted by molar-refractivity contribution is -0.121. The van der Waals surface area contributed by atoms with E-state index in [9.17, 15) is 4.79 Å². The molecule has 27 heavy (non-hydrogen) atoms. The second-order valence-electron chi connectivity index (χ2n) is 6.49. The van der Waals surface area contributed by atoms with Crippen molar-refractivity contribution in [2.24, 2.45) is 0 Å². The minimum atomic E-state index is 0.00208. The van der Waals surface area contributed by atoms with Crippen LogP contribution in [0.3, 0.4) is 0 Å². The molecular weight excluding hydrogens is 364 g/mol. The van der Waals surface area contributed by atoms with Gasteiger partial charge in [0.25, 0.3) is 0 Å². The molecule has 0 fully saturated rings. The monoisotopic (exact) mass is 390 g/mol. The van der Waals surface area contributed by atoms with Crippen molar-refractivity contribution in [3.63, 3.8) is 0 Å². The minimum absolute atomic E-state index is 0.00208. The fourth-order valence-corrected chi connectivity index (χ4v) is 3.14. The van der Waals surface area contributed by atoms with E-state index in [1.165, 1.54) is 0 Å². The van der Waals surface area contributed by atoms with E-state index in [2.05, 4.69) is 10.2 Å². The molecule has 146 valence electrons. The number of amides is 1. The number of nitrogens with one attached hydrogen (secondary N) is 1. The molecule has 0 saturated carbocycles. The molecular formula is C21H27ClN2O3. The number of methoxy groups -OCH3 is 2. The van der Waals surface area contributed by atoms with Gasteiger partial charge in [0.2, 0.25) is 5.91 Å². The average molecular weight is 391 g/mol. The Morgan fingerprint density at radius 2 is 1.81 bits per heavy atom. The summed E-state index contributed by atoms with van der Waals surface area (Å²) in [5.74, 6) is 1.36. The topological polar surface area (TPSA) is 50.8 Å². The molecule has 2 aromatic rings. The molecule has 0 aromatic heterocycles. The SMILES string of the molecule is COc1ccc(C(CNC(=O)CCc2ccccc2Cl)N(C)C)cc1OC. The molecule has 1 unspecified atom stereocenters. The van der Waals surface area contributed by atoms with Crippen molar-refractivity contribution >= 4 is 17.5 Å². The molecule has 0 heterocycles. The highest BCUT2D eigenvalue weighted by Crippen LogP contribution is 2.31. The maximum Gasteiger partial charge on any atom is 0.220 e. The maximum atomic E-state index is 12.3. The number of hydrogen-bond acceptors (Lipinski definition) is 4. The summed E-state index contributed by atoms with van der Waals surface area (Å²) in [6, 6.07) is 13.4. The predicted molar refractivity (Wildman–Crippen MR) is 109 cm³/mol. The summed E-state index contributed by atoms with van der Waals surface area (Å²) in [5, 5.41) is 3.72. The number of carbonyl (C=O) groups excluding carboxylic acids is 1. The predicted octanol–water partition coefficient (Wildman–Crippen LogP) is 3.71. The average Bonchev–Trinajstić information content (AvgIpc) is 2.67. The largest absolute Gasteiger partial charge is 0.493 e. The van der Waals surface area contributed by atoms with Crippen LogP contribution in [0.5, 0.6) is 11.5 Å². The van der Waals surface area contributed by atoms with Gasteiger partial charge in [-0.3, -0.25) is 4.79 Å². The first-order valence-corrected chi connectivity index (χ1v) is 9.22. The smallest absolute Gasteiger partial charge is 0.220 e. The van der Waals surface area contributed by atoms with Crippen molar-refractivity contribution in [1.29, 1.82) is 0 Å². The van der Waals surface area contributed by atoms with Gasteiger partial charge in [0, 0.05) is 18.0 Å². The van der Waals surface area contributed by atoms with Gasteiger partial charge in [0.1, 0.15) is 0 Å². The van der Waals surface area contributed by atoms with E-state index in [4.69, 9.17) is 21.1 Å². The lowest BCUT2D eigenvalue weighted by atomic mass is 10.0. The summed E-state index contributed by atoms with van der Waals surface area (Å²) in [5.41, 5.74) is 2.03. The fourth-order valence-electron chi connectivity index (χ4n) is 2.91. The van der Waals surface area contributed by atoms with Gasteiger partial charge < -0.3 is 19.7 Å². The Morgan fingerprint density at radius 3 is 2.44 bits per heavy atom. The van der Waals surface area contributed by atoms with Crippen LogP contribution in [-0.2, 0) is 11.2 Å². The first-order chi connectivity index (χ1) is 13.0. The minimum Gasteiger partial charge on any atom is -0.493 e. The van der Waals surface area contributed by atoms with E-state index >= 15 is 0 Å². The molecule has 0 saturated heterocycles. The number of nitrogens with zero attached hydrogens (tertiary/aromatic N) is 1. The number of hydrogen-bond donors (Lipinski definition) is 1. The van der Waals surface area contributed by atoms with E-state index in [0.29, 0.717) is 35.9 Å². The summed E-state index contributed by atoms with van der Waals surface area (Å²) in [7, 11) is 7.19. The zero-order chi connectivity index (χ0) is 19.8. The van der Waals surface area contributed by atoms with Gasteiger partial charge in [-0.25, -0.2) is 0 Å². The molecule has 6 heteroatoms. The Balaban J connectivity index is 1.98. The molecule has 0 aliphatic carbocycles. The van der Waals surface area contributed by atoms with Crippen molar-refractivity contribution in [2.75, 3.05) is 34.9 Å². The molecule has 0 aliphatic heterocycles. The quantitative estimate of drug-likeness (QED) is 0.709. The van der Waals surface area contributed by atoms with Crippen LogP contribution in [-0.4, -0.2) is 45.7 Å². The van der Waals surface area contributed by atoms with Gasteiger partial charge in [-0.2, -0.15) is 0 Å². The highest BCUT2D eigenvalue weighted by molar-refractivity contribution is 6.31. The van der Waals surface area contributed by atoms with Crippen LogP contribution in [0.4, 0.5) is 0 Å². The fraction of sp³-hybridized carbons (Fsp3) is 0.381. The van der Waals surface area contributed by atoms with Crippen molar-refractivity contribution < 1.29 is 14.3 Å². The third kappa shape index (κ3) is 5.88. The molecule has 2 rings (SSSR count).